The monoisotopic (exact) mass is 254 g/mol. The molecule has 1 heterocycles. The van der Waals surface area contributed by atoms with E-state index >= 15 is 0 Å². The normalized spacial score (nSPS) is 11.8. The molecule has 1 atom stereocenters. The summed E-state index contributed by atoms with van der Waals surface area (Å²) in [4.78, 5) is 20.4. The summed E-state index contributed by atoms with van der Waals surface area (Å²) >= 11 is 0. The second-order valence-corrected chi connectivity index (χ2v) is 4.20. The van der Waals surface area contributed by atoms with E-state index in [4.69, 9.17) is 5.26 Å². The Hall–Kier alpha value is -2.48. The first-order valence-electron chi connectivity index (χ1n) is 6.13. The smallest absolute Gasteiger partial charge is 0.251 e. The molecule has 0 saturated heterocycles. The van der Waals surface area contributed by atoms with Crippen molar-refractivity contribution in [2.75, 3.05) is 0 Å². The van der Waals surface area contributed by atoms with Crippen molar-refractivity contribution in [2.24, 2.45) is 0 Å². The van der Waals surface area contributed by atoms with Gasteiger partial charge in [0.25, 0.3) is 5.91 Å². The summed E-state index contributed by atoms with van der Waals surface area (Å²) in [6.45, 7) is 1.94. The predicted octanol–water partition coefficient (Wildman–Crippen LogP) is 2.05. The molecule has 1 aromatic carbocycles. The lowest BCUT2D eigenvalue weighted by atomic mass is 10.1. The van der Waals surface area contributed by atoms with Crippen molar-refractivity contribution in [3.63, 3.8) is 0 Å². The van der Waals surface area contributed by atoms with Gasteiger partial charge in [0.15, 0.2) is 0 Å². The third kappa shape index (κ3) is 3.05. The molecule has 5 nitrogen and oxygen atoms in total. The largest absolute Gasteiger partial charge is 0.348 e. The molecule has 0 aliphatic carbocycles. The van der Waals surface area contributed by atoms with Crippen LogP contribution in [0.25, 0.3) is 11.0 Å². The molecule has 1 aromatic heterocycles. The van der Waals surface area contributed by atoms with E-state index in [9.17, 15) is 4.79 Å². The van der Waals surface area contributed by atoms with Gasteiger partial charge in [-0.3, -0.25) is 14.8 Å². The van der Waals surface area contributed by atoms with Gasteiger partial charge >= 0.3 is 0 Å². The Morgan fingerprint density at radius 2 is 2.11 bits per heavy atom. The third-order valence-electron chi connectivity index (χ3n) is 2.90. The second-order valence-electron chi connectivity index (χ2n) is 4.20. The molecule has 2 aromatic rings. The van der Waals surface area contributed by atoms with Crippen LogP contribution in [0.1, 0.15) is 30.1 Å². The number of aromatic nitrogens is 2. The van der Waals surface area contributed by atoms with Gasteiger partial charge in [0.05, 0.1) is 23.5 Å². The van der Waals surface area contributed by atoms with E-state index in [0.717, 1.165) is 11.9 Å². The predicted molar refractivity (Wildman–Crippen MR) is 71.3 cm³/mol. The third-order valence-corrected chi connectivity index (χ3v) is 2.90. The van der Waals surface area contributed by atoms with Crippen LogP contribution in [0.2, 0.25) is 0 Å². The molecule has 96 valence electrons. The quantitative estimate of drug-likeness (QED) is 0.905. The number of nitriles is 1. The molecule has 19 heavy (non-hydrogen) atoms. The molecule has 2 rings (SSSR count). The first-order valence-corrected chi connectivity index (χ1v) is 6.13. The zero-order valence-corrected chi connectivity index (χ0v) is 10.6. The maximum Gasteiger partial charge on any atom is 0.251 e. The topological polar surface area (TPSA) is 78.7 Å². The number of hydrogen-bond acceptors (Lipinski definition) is 4. The number of nitrogens with zero attached hydrogens (tertiary/aromatic N) is 3. The molecular weight excluding hydrogens is 240 g/mol. The lowest BCUT2D eigenvalue weighted by molar-refractivity contribution is 0.0937. The lowest BCUT2D eigenvalue weighted by Gasteiger charge is -2.13. The van der Waals surface area contributed by atoms with Crippen molar-refractivity contribution < 1.29 is 4.79 Å². The average molecular weight is 254 g/mol. The van der Waals surface area contributed by atoms with Gasteiger partial charge in [-0.2, -0.15) is 5.26 Å². The van der Waals surface area contributed by atoms with E-state index in [-0.39, 0.29) is 11.9 Å². The van der Waals surface area contributed by atoms with Crippen molar-refractivity contribution in [1.82, 2.24) is 15.3 Å². The van der Waals surface area contributed by atoms with Crippen LogP contribution in [-0.4, -0.2) is 21.9 Å². The van der Waals surface area contributed by atoms with Crippen LogP contribution < -0.4 is 5.32 Å². The van der Waals surface area contributed by atoms with Crippen LogP contribution >= 0.6 is 0 Å². The number of carbonyl (C=O) groups excluding carboxylic acids is 1. The Bertz CT molecular complexity index is 633. The molecular formula is C14H14N4O. The molecule has 0 fully saturated rings. The fraction of sp³-hybridized carbons (Fsp3) is 0.286. The number of carbonyl (C=O) groups is 1. The van der Waals surface area contributed by atoms with E-state index in [0.29, 0.717) is 17.5 Å². The standard InChI is InChI=1S/C14H14N4O/c1-2-11(5-6-15)18-14(19)10-3-4-12-13(9-10)17-8-7-16-12/h3-4,7-9,11H,2,5H2,1H3,(H,18,19). The van der Waals surface area contributed by atoms with Crippen LogP contribution in [0, 0.1) is 11.3 Å². The average Bonchev–Trinajstić information content (AvgIpc) is 2.46. The van der Waals surface area contributed by atoms with E-state index < -0.39 is 0 Å². The molecule has 0 aliphatic heterocycles. The summed E-state index contributed by atoms with van der Waals surface area (Å²) in [5, 5.41) is 11.5. The number of benzene rings is 1. The molecule has 1 unspecified atom stereocenters. The van der Waals surface area contributed by atoms with Gasteiger partial charge in [0.2, 0.25) is 0 Å². The van der Waals surface area contributed by atoms with Crippen LogP contribution in [0.5, 0.6) is 0 Å². The van der Waals surface area contributed by atoms with Crippen LogP contribution in [-0.2, 0) is 0 Å². The van der Waals surface area contributed by atoms with Crippen LogP contribution in [0.4, 0.5) is 0 Å². The van der Waals surface area contributed by atoms with Gasteiger partial charge < -0.3 is 5.32 Å². The van der Waals surface area contributed by atoms with Gasteiger partial charge in [-0.1, -0.05) is 6.92 Å². The van der Waals surface area contributed by atoms with Crippen molar-refractivity contribution >= 4 is 16.9 Å². The minimum absolute atomic E-state index is 0.116. The summed E-state index contributed by atoms with van der Waals surface area (Å²) in [6.07, 6.45) is 4.25. The van der Waals surface area contributed by atoms with Crippen LogP contribution in [0.15, 0.2) is 30.6 Å². The highest BCUT2D eigenvalue weighted by Crippen LogP contribution is 2.11. The number of fused-ring (bicyclic) bond motifs is 1. The first-order chi connectivity index (χ1) is 9.24. The maximum atomic E-state index is 12.1. The van der Waals surface area contributed by atoms with Crippen molar-refractivity contribution in [2.45, 2.75) is 25.8 Å². The zero-order chi connectivity index (χ0) is 13.7. The molecule has 0 bridgehead atoms. The number of hydrogen-bond donors (Lipinski definition) is 1. The number of nitrogens with one attached hydrogen (secondary N) is 1. The summed E-state index contributed by atoms with van der Waals surface area (Å²) in [6, 6.07) is 7.14. The van der Waals surface area contributed by atoms with E-state index in [1.807, 2.05) is 6.92 Å². The van der Waals surface area contributed by atoms with E-state index in [2.05, 4.69) is 21.4 Å². The van der Waals surface area contributed by atoms with Crippen molar-refractivity contribution in [1.29, 1.82) is 5.26 Å². The number of amides is 1. The SMILES string of the molecule is CCC(CC#N)NC(=O)c1ccc2nccnc2c1. The van der Waals surface area contributed by atoms with Gasteiger partial charge in [0.1, 0.15) is 0 Å². The highest BCUT2D eigenvalue weighted by molar-refractivity contribution is 5.97. The van der Waals surface area contributed by atoms with Crippen molar-refractivity contribution in [3.05, 3.63) is 36.2 Å². The molecule has 5 heteroatoms. The number of rotatable bonds is 4. The molecule has 0 saturated carbocycles. The first kappa shape index (κ1) is 13.0. The summed E-state index contributed by atoms with van der Waals surface area (Å²) in [5.74, 6) is -0.186. The van der Waals surface area contributed by atoms with Crippen LogP contribution in [0.3, 0.4) is 0 Å². The Kier molecular flexibility index (Phi) is 4.04. The minimum atomic E-state index is -0.186. The molecule has 0 spiro atoms. The maximum absolute atomic E-state index is 12.1. The minimum Gasteiger partial charge on any atom is -0.348 e. The van der Waals surface area contributed by atoms with Gasteiger partial charge in [0, 0.05) is 24.0 Å². The molecule has 1 N–H and O–H groups in total. The summed E-state index contributed by atoms with van der Waals surface area (Å²) in [7, 11) is 0. The summed E-state index contributed by atoms with van der Waals surface area (Å²) < 4.78 is 0. The highest BCUT2D eigenvalue weighted by atomic mass is 16.1. The van der Waals surface area contributed by atoms with Gasteiger partial charge in [-0.25, -0.2) is 0 Å². The lowest BCUT2D eigenvalue weighted by Crippen LogP contribution is -2.34. The van der Waals surface area contributed by atoms with E-state index in [1.165, 1.54) is 0 Å². The summed E-state index contributed by atoms with van der Waals surface area (Å²) in [5.41, 5.74) is 1.97. The Morgan fingerprint density at radius 1 is 1.37 bits per heavy atom. The van der Waals surface area contributed by atoms with Gasteiger partial charge in [-0.15, -0.1) is 0 Å². The zero-order valence-electron chi connectivity index (χ0n) is 10.6. The Morgan fingerprint density at radius 3 is 2.79 bits per heavy atom. The van der Waals surface area contributed by atoms with Crippen molar-refractivity contribution in [3.8, 4) is 6.07 Å². The molecule has 1 amide bonds. The second kappa shape index (κ2) is 5.91. The molecule has 0 aliphatic rings. The van der Waals surface area contributed by atoms with E-state index in [1.54, 1.807) is 30.6 Å². The van der Waals surface area contributed by atoms with Gasteiger partial charge in [-0.05, 0) is 24.6 Å². The Labute approximate surface area is 111 Å². The highest BCUT2D eigenvalue weighted by Gasteiger charge is 2.12. The fourth-order valence-corrected chi connectivity index (χ4v) is 1.78. The molecule has 0 radical (unpaired) electrons. The Balaban J connectivity index is 2.19. The fourth-order valence-electron chi connectivity index (χ4n) is 1.78.